The predicted octanol–water partition coefficient (Wildman–Crippen LogP) is 0.782. The first kappa shape index (κ1) is 10.1. The van der Waals surface area contributed by atoms with E-state index < -0.39 is 0 Å². The van der Waals surface area contributed by atoms with Crippen LogP contribution in [0.3, 0.4) is 0 Å². The van der Waals surface area contributed by atoms with Crippen LogP contribution < -0.4 is 11.1 Å². The van der Waals surface area contributed by atoms with Crippen molar-refractivity contribution in [2.24, 2.45) is 11.7 Å². The normalized spacial score (nSPS) is 14.9. The molecule has 0 unspecified atom stereocenters. The van der Waals surface area contributed by atoms with Crippen LogP contribution in [0, 0.1) is 5.92 Å². The van der Waals surface area contributed by atoms with E-state index >= 15 is 0 Å². The van der Waals surface area contributed by atoms with E-state index in [9.17, 15) is 4.79 Å². The number of aromatic nitrogens is 2. The highest BCUT2D eigenvalue weighted by Gasteiger charge is 2.24. The maximum atomic E-state index is 11.5. The van der Waals surface area contributed by atoms with Gasteiger partial charge in [-0.05, 0) is 18.8 Å². The zero-order chi connectivity index (χ0) is 10.8. The SMILES string of the molecule is NC(=S)c1cn[nH]c1NC(=O)CC1CC1. The molecular formula is C9H12N4OS. The molecule has 4 N–H and O–H groups in total. The molecule has 6 heteroatoms. The molecular weight excluding hydrogens is 212 g/mol. The molecule has 1 aliphatic carbocycles. The number of hydrogen-bond donors (Lipinski definition) is 3. The molecule has 1 aliphatic rings. The molecule has 0 aliphatic heterocycles. The van der Waals surface area contributed by atoms with Gasteiger partial charge in [0.05, 0.1) is 11.8 Å². The van der Waals surface area contributed by atoms with Crippen molar-refractivity contribution in [3.8, 4) is 0 Å². The van der Waals surface area contributed by atoms with E-state index in [0.29, 0.717) is 23.7 Å². The van der Waals surface area contributed by atoms with Crippen molar-refractivity contribution in [1.82, 2.24) is 10.2 Å². The zero-order valence-electron chi connectivity index (χ0n) is 8.12. The Morgan fingerprint density at radius 2 is 2.47 bits per heavy atom. The molecule has 1 amide bonds. The van der Waals surface area contributed by atoms with Gasteiger partial charge in [-0.3, -0.25) is 9.89 Å². The number of rotatable bonds is 4. The lowest BCUT2D eigenvalue weighted by molar-refractivity contribution is -0.116. The van der Waals surface area contributed by atoms with Gasteiger partial charge in [0, 0.05) is 6.42 Å². The third kappa shape index (κ3) is 2.53. The summed E-state index contributed by atoms with van der Waals surface area (Å²) in [6, 6.07) is 0. The van der Waals surface area contributed by atoms with Crippen LogP contribution in [0.1, 0.15) is 24.8 Å². The molecule has 0 atom stereocenters. The number of anilines is 1. The molecule has 0 saturated heterocycles. The van der Waals surface area contributed by atoms with E-state index in [1.807, 2.05) is 0 Å². The summed E-state index contributed by atoms with van der Waals surface area (Å²) in [6.45, 7) is 0. The number of thiocarbonyl (C=S) groups is 1. The van der Waals surface area contributed by atoms with Gasteiger partial charge in [0.25, 0.3) is 0 Å². The van der Waals surface area contributed by atoms with Gasteiger partial charge in [-0.25, -0.2) is 0 Å². The number of amides is 1. The van der Waals surface area contributed by atoms with E-state index in [1.165, 1.54) is 6.20 Å². The van der Waals surface area contributed by atoms with Gasteiger partial charge < -0.3 is 11.1 Å². The quantitative estimate of drug-likeness (QED) is 0.660. The van der Waals surface area contributed by atoms with Crippen LogP contribution in [-0.2, 0) is 4.79 Å². The van der Waals surface area contributed by atoms with Gasteiger partial charge in [0.1, 0.15) is 10.8 Å². The second-order valence-corrected chi connectivity index (χ2v) is 4.16. The van der Waals surface area contributed by atoms with Gasteiger partial charge in [0.2, 0.25) is 5.91 Å². The number of aromatic amines is 1. The minimum Gasteiger partial charge on any atom is -0.389 e. The van der Waals surface area contributed by atoms with Gasteiger partial charge >= 0.3 is 0 Å². The molecule has 1 saturated carbocycles. The minimum atomic E-state index is -0.0146. The lowest BCUT2D eigenvalue weighted by Crippen LogP contribution is -2.17. The summed E-state index contributed by atoms with van der Waals surface area (Å²) in [5.41, 5.74) is 6.05. The van der Waals surface area contributed by atoms with Crippen LogP contribution in [0.5, 0.6) is 0 Å². The highest BCUT2D eigenvalue weighted by Crippen LogP contribution is 2.32. The maximum absolute atomic E-state index is 11.5. The van der Waals surface area contributed by atoms with E-state index in [4.69, 9.17) is 18.0 Å². The number of nitrogens with zero attached hydrogens (tertiary/aromatic N) is 1. The van der Waals surface area contributed by atoms with Gasteiger partial charge in [-0.1, -0.05) is 12.2 Å². The molecule has 1 aromatic rings. The summed E-state index contributed by atoms with van der Waals surface area (Å²) in [5, 5.41) is 9.16. The summed E-state index contributed by atoms with van der Waals surface area (Å²) in [6.07, 6.45) is 4.38. The summed E-state index contributed by atoms with van der Waals surface area (Å²) >= 11 is 4.82. The second kappa shape index (κ2) is 3.98. The topological polar surface area (TPSA) is 83.8 Å². The lowest BCUT2D eigenvalue weighted by Gasteiger charge is -2.03. The number of carbonyl (C=O) groups excluding carboxylic acids is 1. The highest BCUT2D eigenvalue weighted by molar-refractivity contribution is 7.80. The molecule has 0 spiro atoms. The molecule has 5 nitrogen and oxygen atoms in total. The molecule has 0 aromatic carbocycles. The Labute approximate surface area is 92.4 Å². The largest absolute Gasteiger partial charge is 0.389 e. The third-order valence-electron chi connectivity index (χ3n) is 2.34. The molecule has 2 rings (SSSR count). The molecule has 15 heavy (non-hydrogen) atoms. The Morgan fingerprint density at radius 1 is 1.73 bits per heavy atom. The lowest BCUT2D eigenvalue weighted by atomic mass is 10.2. The maximum Gasteiger partial charge on any atom is 0.225 e. The Kier molecular flexibility index (Phi) is 2.68. The summed E-state index contributed by atoms with van der Waals surface area (Å²) in [5.74, 6) is 1.04. The summed E-state index contributed by atoms with van der Waals surface area (Å²) in [4.78, 5) is 11.7. The summed E-state index contributed by atoms with van der Waals surface area (Å²) < 4.78 is 0. The predicted molar refractivity (Wildman–Crippen MR) is 60.4 cm³/mol. The molecule has 80 valence electrons. The monoisotopic (exact) mass is 224 g/mol. The van der Waals surface area contributed by atoms with E-state index in [0.717, 1.165) is 12.8 Å². The van der Waals surface area contributed by atoms with Crippen molar-refractivity contribution in [2.45, 2.75) is 19.3 Å². The number of nitrogens with two attached hydrogens (primary N) is 1. The van der Waals surface area contributed by atoms with E-state index in [-0.39, 0.29) is 10.9 Å². The number of hydrogen-bond acceptors (Lipinski definition) is 3. The minimum absolute atomic E-state index is 0.0146. The van der Waals surface area contributed by atoms with Crippen molar-refractivity contribution in [2.75, 3.05) is 5.32 Å². The fraction of sp³-hybridized carbons (Fsp3) is 0.444. The second-order valence-electron chi connectivity index (χ2n) is 3.72. The van der Waals surface area contributed by atoms with Crippen LogP contribution in [-0.4, -0.2) is 21.1 Å². The fourth-order valence-electron chi connectivity index (χ4n) is 1.34. The number of carbonyl (C=O) groups is 1. The van der Waals surface area contributed by atoms with Crippen molar-refractivity contribution < 1.29 is 4.79 Å². The zero-order valence-corrected chi connectivity index (χ0v) is 8.93. The van der Waals surface area contributed by atoms with Crippen LogP contribution in [0.2, 0.25) is 0 Å². The van der Waals surface area contributed by atoms with Crippen molar-refractivity contribution in [1.29, 1.82) is 0 Å². The summed E-state index contributed by atoms with van der Waals surface area (Å²) in [7, 11) is 0. The first-order valence-corrected chi connectivity index (χ1v) is 5.20. The fourth-order valence-corrected chi connectivity index (χ4v) is 1.50. The van der Waals surface area contributed by atoms with Gasteiger partial charge in [-0.15, -0.1) is 0 Å². The van der Waals surface area contributed by atoms with Crippen LogP contribution >= 0.6 is 12.2 Å². The van der Waals surface area contributed by atoms with Crippen molar-refractivity contribution >= 4 is 28.9 Å². The molecule has 1 aromatic heterocycles. The third-order valence-corrected chi connectivity index (χ3v) is 2.56. The first-order chi connectivity index (χ1) is 7.16. The van der Waals surface area contributed by atoms with E-state index in [2.05, 4.69) is 15.5 Å². The van der Waals surface area contributed by atoms with Gasteiger partial charge in [0.15, 0.2) is 0 Å². The standard InChI is InChI=1S/C9H12N4OS/c10-8(15)6-4-11-13-9(6)12-7(14)3-5-1-2-5/h4-5H,1-3H2,(H2,10,15)(H2,11,12,13,14). The van der Waals surface area contributed by atoms with Crippen LogP contribution in [0.15, 0.2) is 6.20 Å². The first-order valence-electron chi connectivity index (χ1n) is 4.80. The molecule has 1 heterocycles. The Bertz CT molecular complexity index is 397. The Morgan fingerprint density at radius 3 is 3.07 bits per heavy atom. The highest BCUT2D eigenvalue weighted by atomic mass is 32.1. The van der Waals surface area contributed by atoms with Gasteiger partial charge in [-0.2, -0.15) is 5.10 Å². The molecule has 1 fully saturated rings. The Balaban J connectivity index is 1.99. The van der Waals surface area contributed by atoms with Crippen molar-refractivity contribution in [3.63, 3.8) is 0 Å². The smallest absolute Gasteiger partial charge is 0.225 e. The average Bonchev–Trinajstić information content (AvgIpc) is 2.82. The number of H-pyrrole nitrogens is 1. The molecule has 0 radical (unpaired) electrons. The molecule has 0 bridgehead atoms. The van der Waals surface area contributed by atoms with Crippen LogP contribution in [0.25, 0.3) is 0 Å². The van der Waals surface area contributed by atoms with Crippen molar-refractivity contribution in [3.05, 3.63) is 11.8 Å². The van der Waals surface area contributed by atoms with E-state index in [1.54, 1.807) is 0 Å². The Hall–Kier alpha value is -1.43. The number of nitrogens with one attached hydrogen (secondary N) is 2. The average molecular weight is 224 g/mol. The van der Waals surface area contributed by atoms with Crippen LogP contribution in [0.4, 0.5) is 5.82 Å².